The van der Waals surface area contributed by atoms with Crippen LogP contribution in [-0.2, 0) is 0 Å². The fourth-order valence-electron chi connectivity index (χ4n) is 2.59. The van der Waals surface area contributed by atoms with E-state index in [1.165, 1.54) is 24.3 Å². The van der Waals surface area contributed by atoms with E-state index in [1.54, 1.807) is 23.9 Å². The fraction of sp³-hybridized carbons (Fsp3) is 0.278. The zero-order valence-corrected chi connectivity index (χ0v) is 14.5. The molecule has 1 N–H and O–H groups in total. The van der Waals surface area contributed by atoms with E-state index in [1.807, 2.05) is 13.8 Å². The van der Waals surface area contributed by atoms with Gasteiger partial charge in [0.2, 0.25) is 0 Å². The van der Waals surface area contributed by atoms with E-state index in [-0.39, 0.29) is 17.7 Å². The lowest BCUT2D eigenvalue weighted by molar-refractivity contribution is -0.0498. The Morgan fingerprint density at radius 3 is 2.54 bits per heavy atom. The summed E-state index contributed by atoms with van der Waals surface area (Å²) < 4.78 is 30.4. The molecule has 0 aliphatic heterocycles. The van der Waals surface area contributed by atoms with Crippen molar-refractivity contribution in [1.82, 2.24) is 14.8 Å². The van der Waals surface area contributed by atoms with E-state index in [2.05, 4.69) is 20.1 Å². The minimum absolute atomic E-state index is 0.0263. The first kappa shape index (κ1) is 17.8. The van der Waals surface area contributed by atoms with E-state index < -0.39 is 6.61 Å². The van der Waals surface area contributed by atoms with Crippen LogP contribution in [0.15, 0.2) is 36.5 Å². The molecule has 6 nitrogen and oxygen atoms in total. The van der Waals surface area contributed by atoms with Crippen molar-refractivity contribution < 1.29 is 18.3 Å². The van der Waals surface area contributed by atoms with Crippen LogP contribution < -0.4 is 10.1 Å². The first-order valence-corrected chi connectivity index (χ1v) is 8.06. The third kappa shape index (κ3) is 3.63. The number of anilines is 1. The molecule has 2 aromatic heterocycles. The Labute approximate surface area is 148 Å². The van der Waals surface area contributed by atoms with Crippen LogP contribution in [0, 0.1) is 6.92 Å². The van der Waals surface area contributed by atoms with Gasteiger partial charge in [-0.2, -0.15) is 13.9 Å². The lowest BCUT2D eigenvalue weighted by Crippen LogP contribution is -2.14. The van der Waals surface area contributed by atoms with Crippen LogP contribution in [0.1, 0.15) is 35.9 Å². The molecule has 1 aromatic carbocycles. The van der Waals surface area contributed by atoms with Gasteiger partial charge in [0.15, 0.2) is 5.65 Å². The van der Waals surface area contributed by atoms with Gasteiger partial charge in [-0.25, -0.2) is 9.67 Å². The highest BCUT2D eigenvalue weighted by atomic mass is 19.3. The van der Waals surface area contributed by atoms with Crippen molar-refractivity contribution in [2.45, 2.75) is 33.4 Å². The van der Waals surface area contributed by atoms with E-state index in [9.17, 15) is 13.6 Å². The Morgan fingerprint density at radius 2 is 1.92 bits per heavy atom. The van der Waals surface area contributed by atoms with Crippen LogP contribution in [-0.4, -0.2) is 27.3 Å². The summed E-state index contributed by atoms with van der Waals surface area (Å²) in [7, 11) is 0. The SMILES string of the molecule is Cc1nc2c(cnn2C(C)C)cc1C(=O)Nc1ccc(OC(F)F)cc1. The summed E-state index contributed by atoms with van der Waals surface area (Å²) in [6.45, 7) is 2.88. The second-order valence-electron chi connectivity index (χ2n) is 6.07. The molecule has 8 heteroatoms. The van der Waals surface area contributed by atoms with Crippen molar-refractivity contribution in [3.63, 3.8) is 0 Å². The van der Waals surface area contributed by atoms with Crippen LogP contribution in [0.3, 0.4) is 0 Å². The minimum Gasteiger partial charge on any atom is -0.435 e. The van der Waals surface area contributed by atoms with Crippen molar-refractivity contribution in [1.29, 1.82) is 0 Å². The number of aryl methyl sites for hydroxylation is 1. The van der Waals surface area contributed by atoms with Gasteiger partial charge in [-0.3, -0.25) is 4.79 Å². The summed E-state index contributed by atoms with van der Waals surface area (Å²) in [6, 6.07) is 7.62. The number of alkyl halides is 2. The molecule has 26 heavy (non-hydrogen) atoms. The summed E-state index contributed by atoms with van der Waals surface area (Å²) >= 11 is 0. The summed E-state index contributed by atoms with van der Waals surface area (Å²) in [4.78, 5) is 17.1. The molecule has 1 amide bonds. The summed E-state index contributed by atoms with van der Waals surface area (Å²) in [5, 5.41) is 7.80. The van der Waals surface area contributed by atoms with Crippen molar-refractivity contribution in [2.24, 2.45) is 0 Å². The van der Waals surface area contributed by atoms with E-state index >= 15 is 0 Å². The van der Waals surface area contributed by atoms with Gasteiger partial charge >= 0.3 is 6.61 Å². The number of amides is 1. The Morgan fingerprint density at radius 1 is 1.23 bits per heavy atom. The number of rotatable bonds is 5. The fourth-order valence-corrected chi connectivity index (χ4v) is 2.59. The topological polar surface area (TPSA) is 69.0 Å². The molecule has 0 atom stereocenters. The molecular weight excluding hydrogens is 342 g/mol. The number of hydrogen-bond donors (Lipinski definition) is 1. The number of fused-ring (bicyclic) bond motifs is 1. The van der Waals surface area contributed by atoms with Gasteiger partial charge in [-0.15, -0.1) is 0 Å². The molecule has 136 valence electrons. The number of pyridine rings is 1. The first-order chi connectivity index (χ1) is 12.3. The highest BCUT2D eigenvalue weighted by molar-refractivity contribution is 6.06. The Balaban J connectivity index is 1.82. The standard InChI is InChI=1S/C18H18F2N4O2/c1-10(2)24-16-12(9-21-24)8-15(11(3)22-16)17(25)23-13-4-6-14(7-5-13)26-18(19)20/h4-10,18H,1-3H3,(H,23,25). The lowest BCUT2D eigenvalue weighted by Gasteiger charge is -2.10. The summed E-state index contributed by atoms with van der Waals surface area (Å²) in [5.41, 5.74) is 2.19. The quantitative estimate of drug-likeness (QED) is 0.741. The zero-order chi connectivity index (χ0) is 18.8. The second kappa shape index (κ2) is 7.07. The predicted octanol–water partition coefficient (Wildman–Crippen LogP) is 4.17. The van der Waals surface area contributed by atoms with Gasteiger partial charge in [0.1, 0.15) is 5.75 Å². The molecule has 0 saturated carbocycles. The monoisotopic (exact) mass is 360 g/mol. The normalized spacial score (nSPS) is 11.3. The van der Waals surface area contributed by atoms with Gasteiger partial charge < -0.3 is 10.1 Å². The first-order valence-electron chi connectivity index (χ1n) is 8.06. The highest BCUT2D eigenvalue weighted by Crippen LogP contribution is 2.21. The average Bonchev–Trinajstić information content (AvgIpc) is 2.98. The van der Waals surface area contributed by atoms with Crippen LogP contribution in [0.2, 0.25) is 0 Å². The van der Waals surface area contributed by atoms with Crippen LogP contribution in [0.5, 0.6) is 5.75 Å². The molecular formula is C18H18F2N4O2. The maximum absolute atomic E-state index is 12.6. The third-order valence-electron chi connectivity index (χ3n) is 3.83. The highest BCUT2D eigenvalue weighted by Gasteiger charge is 2.15. The Bertz CT molecular complexity index is 936. The van der Waals surface area contributed by atoms with Crippen LogP contribution in [0.25, 0.3) is 11.0 Å². The smallest absolute Gasteiger partial charge is 0.387 e. The molecule has 3 rings (SSSR count). The Hall–Kier alpha value is -3.03. The van der Waals surface area contributed by atoms with E-state index in [0.717, 1.165) is 11.0 Å². The largest absolute Gasteiger partial charge is 0.435 e. The number of carbonyl (C=O) groups is 1. The molecule has 3 aromatic rings. The Kier molecular flexibility index (Phi) is 4.83. The maximum atomic E-state index is 12.6. The van der Waals surface area contributed by atoms with Gasteiger partial charge in [0, 0.05) is 17.1 Å². The van der Waals surface area contributed by atoms with E-state index in [0.29, 0.717) is 16.9 Å². The number of halogens is 2. The molecule has 0 unspecified atom stereocenters. The van der Waals surface area contributed by atoms with Crippen molar-refractivity contribution in [3.05, 3.63) is 47.8 Å². The van der Waals surface area contributed by atoms with Crippen LogP contribution >= 0.6 is 0 Å². The number of ether oxygens (including phenoxy) is 1. The van der Waals surface area contributed by atoms with E-state index in [4.69, 9.17) is 0 Å². The second-order valence-corrected chi connectivity index (χ2v) is 6.07. The van der Waals surface area contributed by atoms with Crippen molar-refractivity contribution >= 4 is 22.6 Å². The van der Waals surface area contributed by atoms with Gasteiger partial charge in [0.05, 0.1) is 17.5 Å². The number of carbonyl (C=O) groups excluding carboxylic acids is 1. The number of hydrogen-bond acceptors (Lipinski definition) is 4. The van der Waals surface area contributed by atoms with Crippen molar-refractivity contribution in [3.8, 4) is 5.75 Å². The van der Waals surface area contributed by atoms with Gasteiger partial charge in [0.25, 0.3) is 5.91 Å². The lowest BCUT2D eigenvalue weighted by atomic mass is 10.1. The summed E-state index contributed by atoms with van der Waals surface area (Å²) in [5.74, 6) is -0.310. The molecule has 2 heterocycles. The molecule has 0 radical (unpaired) electrons. The third-order valence-corrected chi connectivity index (χ3v) is 3.83. The summed E-state index contributed by atoms with van der Waals surface area (Å²) in [6.07, 6.45) is 1.68. The number of benzene rings is 1. The average molecular weight is 360 g/mol. The molecule has 0 spiro atoms. The van der Waals surface area contributed by atoms with Gasteiger partial charge in [-0.1, -0.05) is 0 Å². The number of aromatic nitrogens is 3. The van der Waals surface area contributed by atoms with Crippen molar-refractivity contribution in [2.75, 3.05) is 5.32 Å². The molecule has 0 fully saturated rings. The molecule has 0 bridgehead atoms. The number of nitrogens with zero attached hydrogens (tertiary/aromatic N) is 3. The number of nitrogens with one attached hydrogen (secondary N) is 1. The maximum Gasteiger partial charge on any atom is 0.387 e. The molecule has 0 aliphatic carbocycles. The molecule has 0 saturated heterocycles. The minimum atomic E-state index is -2.89. The van der Waals surface area contributed by atoms with Gasteiger partial charge in [-0.05, 0) is 51.1 Å². The predicted molar refractivity (Wildman–Crippen MR) is 93.7 cm³/mol. The zero-order valence-electron chi connectivity index (χ0n) is 14.5. The molecule has 0 aliphatic rings. The van der Waals surface area contributed by atoms with Crippen LogP contribution in [0.4, 0.5) is 14.5 Å².